The van der Waals surface area contributed by atoms with Crippen LogP contribution >= 0.6 is 34.8 Å². The molecule has 3 nitrogen and oxygen atoms in total. The molecule has 82 valence electrons. The molecule has 6 heteroatoms. The fraction of sp³-hybridized carbons (Fsp3) is 0. The van der Waals surface area contributed by atoms with Gasteiger partial charge in [0.2, 0.25) is 0 Å². The average molecular weight is 276 g/mol. The summed E-state index contributed by atoms with van der Waals surface area (Å²) in [5.41, 5.74) is 0.115. The predicted molar refractivity (Wildman–Crippen MR) is 64.9 cm³/mol. The molecular formula is C10H5Cl3N2O. The van der Waals surface area contributed by atoms with Crippen molar-refractivity contribution in [3.63, 3.8) is 0 Å². The van der Waals surface area contributed by atoms with E-state index in [4.69, 9.17) is 34.8 Å². The molecular weight excluding hydrogens is 270 g/mol. The molecule has 1 aromatic carbocycles. The molecule has 0 spiro atoms. The number of hydrogen-bond donors (Lipinski definition) is 0. The molecule has 0 saturated heterocycles. The van der Waals surface area contributed by atoms with Crippen LogP contribution in [0.3, 0.4) is 0 Å². The Bertz CT molecular complexity index is 595. The second kappa shape index (κ2) is 4.45. The molecule has 0 amide bonds. The van der Waals surface area contributed by atoms with Crippen LogP contribution in [0.25, 0.3) is 5.69 Å². The van der Waals surface area contributed by atoms with E-state index >= 15 is 0 Å². The summed E-state index contributed by atoms with van der Waals surface area (Å²) in [6.45, 7) is 0. The van der Waals surface area contributed by atoms with Gasteiger partial charge in [0.25, 0.3) is 5.56 Å². The Labute approximate surface area is 106 Å². The van der Waals surface area contributed by atoms with Crippen molar-refractivity contribution < 1.29 is 0 Å². The van der Waals surface area contributed by atoms with Crippen LogP contribution in [0.1, 0.15) is 0 Å². The van der Waals surface area contributed by atoms with Gasteiger partial charge in [-0.3, -0.25) is 4.79 Å². The molecule has 0 aliphatic heterocycles. The summed E-state index contributed by atoms with van der Waals surface area (Å²) in [6.07, 6.45) is 1.49. The Balaban J connectivity index is 2.70. The third-order valence-corrected chi connectivity index (χ3v) is 2.96. The number of rotatable bonds is 1. The Morgan fingerprint density at radius 3 is 2.44 bits per heavy atom. The van der Waals surface area contributed by atoms with Crippen LogP contribution < -0.4 is 5.56 Å². The second-order valence-electron chi connectivity index (χ2n) is 2.99. The second-order valence-corrected chi connectivity index (χ2v) is 4.21. The van der Waals surface area contributed by atoms with E-state index in [0.717, 1.165) is 4.68 Å². The quantitative estimate of drug-likeness (QED) is 0.749. The smallest absolute Gasteiger partial charge is 0.267 e. The van der Waals surface area contributed by atoms with E-state index < -0.39 is 0 Å². The van der Waals surface area contributed by atoms with Crippen molar-refractivity contribution in [3.8, 4) is 5.69 Å². The zero-order chi connectivity index (χ0) is 11.7. The van der Waals surface area contributed by atoms with E-state index in [1.165, 1.54) is 24.4 Å². The van der Waals surface area contributed by atoms with Gasteiger partial charge in [0.1, 0.15) is 0 Å². The molecule has 2 aromatic rings. The third kappa shape index (κ3) is 2.07. The predicted octanol–water partition coefficient (Wildman–Crippen LogP) is 3.19. The lowest BCUT2D eigenvalue weighted by molar-refractivity contribution is 0.807. The van der Waals surface area contributed by atoms with Gasteiger partial charge in [0, 0.05) is 12.3 Å². The summed E-state index contributed by atoms with van der Waals surface area (Å²) in [6, 6.07) is 5.90. The standard InChI is InChI=1S/C10H5Cl3N2O/c11-6-4-8(13)9(5-7(6)12)15-10(16)2-1-3-14-15/h1-5H. The SMILES string of the molecule is O=c1cccnn1-c1cc(Cl)c(Cl)cc1Cl. The van der Waals surface area contributed by atoms with Gasteiger partial charge < -0.3 is 0 Å². The Morgan fingerprint density at radius 1 is 1.06 bits per heavy atom. The van der Waals surface area contributed by atoms with Crippen LogP contribution in [0, 0.1) is 0 Å². The minimum Gasteiger partial charge on any atom is -0.267 e. The zero-order valence-electron chi connectivity index (χ0n) is 7.82. The first-order valence-corrected chi connectivity index (χ1v) is 5.42. The van der Waals surface area contributed by atoms with Crippen LogP contribution in [0.5, 0.6) is 0 Å². The summed E-state index contributed by atoms with van der Waals surface area (Å²) in [7, 11) is 0. The van der Waals surface area contributed by atoms with Crippen LogP contribution in [-0.4, -0.2) is 9.78 Å². The molecule has 0 bridgehead atoms. The maximum atomic E-state index is 11.5. The van der Waals surface area contributed by atoms with Crippen LogP contribution in [-0.2, 0) is 0 Å². The highest BCUT2D eigenvalue weighted by molar-refractivity contribution is 6.43. The molecule has 1 heterocycles. The van der Waals surface area contributed by atoms with Gasteiger partial charge in [0.15, 0.2) is 0 Å². The first-order valence-electron chi connectivity index (χ1n) is 4.29. The van der Waals surface area contributed by atoms with Crippen molar-refractivity contribution in [2.75, 3.05) is 0 Å². The van der Waals surface area contributed by atoms with Crippen molar-refractivity contribution in [2.45, 2.75) is 0 Å². The number of halogens is 3. The Kier molecular flexibility index (Phi) is 3.19. The van der Waals surface area contributed by atoms with Gasteiger partial charge in [-0.25, -0.2) is 0 Å². The minimum atomic E-state index is -0.289. The molecule has 0 aliphatic carbocycles. The van der Waals surface area contributed by atoms with Crippen molar-refractivity contribution >= 4 is 34.8 Å². The van der Waals surface area contributed by atoms with Crippen LogP contribution in [0.15, 0.2) is 35.3 Å². The summed E-state index contributed by atoms with van der Waals surface area (Å²) < 4.78 is 1.16. The van der Waals surface area contributed by atoms with E-state index in [1.54, 1.807) is 6.07 Å². The van der Waals surface area contributed by atoms with Gasteiger partial charge in [-0.05, 0) is 18.2 Å². The zero-order valence-corrected chi connectivity index (χ0v) is 10.1. The van der Waals surface area contributed by atoms with Crippen LogP contribution in [0.2, 0.25) is 15.1 Å². The molecule has 16 heavy (non-hydrogen) atoms. The molecule has 2 rings (SSSR count). The molecule has 0 fully saturated rings. The largest absolute Gasteiger partial charge is 0.271 e. The topological polar surface area (TPSA) is 34.9 Å². The number of hydrogen-bond acceptors (Lipinski definition) is 2. The average Bonchev–Trinajstić information content (AvgIpc) is 2.25. The summed E-state index contributed by atoms with van der Waals surface area (Å²) >= 11 is 17.6. The Hall–Kier alpha value is -1.03. The van der Waals surface area contributed by atoms with Gasteiger partial charge in [-0.15, -0.1) is 0 Å². The monoisotopic (exact) mass is 274 g/mol. The highest BCUT2D eigenvalue weighted by atomic mass is 35.5. The van der Waals surface area contributed by atoms with E-state index in [0.29, 0.717) is 20.8 Å². The molecule has 0 radical (unpaired) electrons. The lowest BCUT2D eigenvalue weighted by Crippen LogP contribution is -2.19. The number of benzene rings is 1. The van der Waals surface area contributed by atoms with E-state index in [1.807, 2.05) is 0 Å². The summed E-state index contributed by atoms with van der Waals surface area (Å²) in [5.74, 6) is 0. The lowest BCUT2D eigenvalue weighted by Gasteiger charge is -2.07. The molecule has 0 aliphatic rings. The molecule has 0 saturated carbocycles. The van der Waals surface area contributed by atoms with Crippen molar-refractivity contribution in [1.29, 1.82) is 0 Å². The minimum absolute atomic E-state index is 0.289. The van der Waals surface area contributed by atoms with Crippen molar-refractivity contribution in [2.24, 2.45) is 0 Å². The first-order chi connectivity index (χ1) is 7.59. The fourth-order valence-electron chi connectivity index (χ4n) is 1.21. The van der Waals surface area contributed by atoms with Gasteiger partial charge in [-0.2, -0.15) is 9.78 Å². The van der Waals surface area contributed by atoms with Gasteiger partial charge in [-0.1, -0.05) is 34.8 Å². The number of nitrogens with zero attached hydrogens (tertiary/aromatic N) is 2. The van der Waals surface area contributed by atoms with Crippen molar-refractivity contribution in [1.82, 2.24) is 9.78 Å². The lowest BCUT2D eigenvalue weighted by atomic mass is 10.3. The van der Waals surface area contributed by atoms with E-state index in [9.17, 15) is 4.79 Å². The van der Waals surface area contributed by atoms with Gasteiger partial charge >= 0.3 is 0 Å². The highest BCUT2D eigenvalue weighted by Gasteiger charge is 2.09. The highest BCUT2D eigenvalue weighted by Crippen LogP contribution is 2.30. The summed E-state index contributed by atoms with van der Waals surface area (Å²) in [4.78, 5) is 11.5. The van der Waals surface area contributed by atoms with E-state index in [2.05, 4.69) is 5.10 Å². The maximum absolute atomic E-state index is 11.5. The maximum Gasteiger partial charge on any atom is 0.271 e. The number of aromatic nitrogens is 2. The van der Waals surface area contributed by atoms with Crippen molar-refractivity contribution in [3.05, 3.63) is 55.9 Å². The summed E-state index contributed by atoms with van der Waals surface area (Å²) in [5, 5.41) is 4.86. The normalized spacial score (nSPS) is 10.4. The fourth-order valence-corrected chi connectivity index (χ4v) is 1.83. The molecule has 0 atom stereocenters. The Morgan fingerprint density at radius 2 is 1.75 bits per heavy atom. The van der Waals surface area contributed by atoms with Gasteiger partial charge in [0.05, 0.1) is 20.8 Å². The molecule has 0 N–H and O–H groups in total. The van der Waals surface area contributed by atoms with Crippen LogP contribution in [0.4, 0.5) is 0 Å². The third-order valence-electron chi connectivity index (χ3n) is 1.93. The first kappa shape index (κ1) is 11.5. The van der Waals surface area contributed by atoms with E-state index in [-0.39, 0.29) is 5.56 Å². The molecule has 1 aromatic heterocycles. The molecule has 0 unspecified atom stereocenters.